The van der Waals surface area contributed by atoms with Crippen molar-refractivity contribution in [3.63, 3.8) is 0 Å². The Balaban J connectivity index is 1.76. The van der Waals surface area contributed by atoms with Crippen molar-refractivity contribution in [2.75, 3.05) is 19.7 Å². The van der Waals surface area contributed by atoms with E-state index in [9.17, 15) is 9.59 Å². The monoisotopic (exact) mass is 262 g/mol. The lowest BCUT2D eigenvalue weighted by Crippen LogP contribution is -2.34. The Morgan fingerprint density at radius 2 is 2.00 bits per heavy atom. The molecule has 1 aliphatic rings. The third-order valence-corrected chi connectivity index (χ3v) is 3.05. The van der Waals surface area contributed by atoms with Gasteiger partial charge in [0.1, 0.15) is 5.75 Å². The van der Waals surface area contributed by atoms with Gasteiger partial charge in [-0.3, -0.25) is 9.59 Å². The van der Waals surface area contributed by atoms with Crippen LogP contribution in [-0.2, 0) is 9.59 Å². The second-order valence-corrected chi connectivity index (χ2v) is 4.58. The largest absolute Gasteiger partial charge is 0.493 e. The van der Waals surface area contributed by atoms with Gasteiger partial charge in [-0.2, -0.15) is 0 Å². The molecule has 0 spiro atoms. The number of carbonyl (C=O) groups is 2. The van der Waals surface area contributed by atoms with Crippen molar-refractivity contribution in [3.8, 4) is 5.75 Å². The lowest BCUT2D eigenvalue weighted by atomic mass is 9.98. The van der Waals surface area contributed by atoms with Crippen LogP contribution in [0.15, 0.2) is 24.3 Å². The zero-order valence-corrected chi connectivity index (χ0v) is 10.9. The molecule has 102 valence electrons. The minimum absolute atomic E-state index is 0.0179. The standard InChI is InChI=1S/C14H18N2O3/c1-10(17)15-6-7-16-14(18)8-11-9-19-13-5-3-2-4-12(11)13/h2-5,11H,6-9H2,1H3,(H,15,17)(H,16,18). The van der Waals surface area contributed by atoms with E-state index >= 15 is 0 Å². The Hall–Kier alpha value is -2.04. The number of fused-ring (bicyclic) bond motifs is 1. The Morgan fingerprint density at radius 3 is 2.79 bits per heavy atom. The van der Waals surface area contributed by atoms with E-state index in [1.54, 1.807) is 0 Å². The van der Waals surface area contributed by atoms with Gasteiger partial charge in [0.25, 0.3) is 0 Å². The second-order valence-electron chi connectivity index (χ2n) is 4.58. The Labute approximate surface area is 112 Å². The molecule has 0 saturated heterocycles. The number of hydrogen-bond donors (Lipinski definition) is 2. The summed E-state index contributed by atoms with van der Waals surface area (Å²) in [7, 11) is 0. The number of amides is 2. The molecule has 1 aliphatic heterocycles. The summed E-state index contributed by atoms with van der Waals surface area (Å²) in [6.07, 6.45) is 0.414. The Bertz CT molecular complexity index is 474. The van der Waals surface area contributed by atoms with E-state index in [0.717, 1.165) is 11.3 Å². The first-order valence-electron chi connectivity index (χ1n) is 6.39. The normalized spacial score (nSPS) is 16.4. The topological polar surface area (TPSA) is 67.4 Å². The maximum atomic E-state index is 11.8. The summed E-state index contributed by atoms with van der Waals surface area (Å²) in [6.45, 7) is 2.92. The summed E-state index contributed by atoms with van der Waals surface area (Å²) in [5.74, 6) is 0.888. The quantitative estimate of drug-likeness (QED) is 0.771. The number of rotatable bonds is 5. The molecule has 0 bridgehead atoms. The zero-order chi connectivity index (χ0) is 13.7. The van der Waals surface area contributed by atoms with Gasteiger partial charge in [0.2, 0.25) is 11.8 Å². The number of hydrogen-bond acceptors (Lipinski definition) is 3. The van der Waals surface area contributed by atoms with Crippen molar-refractivity contribution in [1.82, 2.24) is 10.6 Å². The molecule has 19 heavy (non-hydrogen) atoms. The molecule has 0 saturated carbocycles. The summed E-state index contributed by atoms with van der Waals surface area (Å²) in [5, 5.41) is 5.42. The fourth-order valence-electron chi connectivity index (χ4n) is 2.13. The predicted octanol–water partition coefficient (Wildman–Crippen LogP) is 0.805. The van der Waals surface area contributed by atoms with Crippen molar-refractivity contribution in [2.45, 2.75) is 19.3 Å². The van der Waals surface area contributed by atoms with E-state index in [0.29, 0.717) is 26.1 Å². The minimum atomic E-state index is -0.0904. The molecule has 2 amide bonds. The van der Waals surface area contributed by atoms with Gasteiger partial charge < -0.3 is 15.4 Å². The average Bonchev–Trinajstić information content (AvgIpc) is 2.78. The van der Waals surface area contributed by atoms with Gasteiger partial charge >= 0.3 is 0 Å². The summed E-state index contributed by atoms with van der Waals surface area (Å²) >= 11 is 0. The molecule has 0 aliphatic carbocycles. The van der Waals surface area contributed by atoms with Gasteiger partial charge in [0, 0.05) is 37.9 Å². The van der Waals surface area contributed by atoms with E-state index in [1.807, 2.05) is 24.3 Å². The third-order valence-electron chi connectivity index (χ3n) is 3.05. The SMILES string of the molecule is CC(=O)NCCNC(=O)CC1COc2ccccc21. The second kappa shape index (κ2) is 6.22. The molecule has 2 N–H and O–H groups in total. The minimum Gasteiger partial charge on any atom is -0.493 e. The molecule has 0 aromatic heterocycles. The van der Waals surface area contributed by atoms with Crippen LogP contribution in [0.25, 0.3) is 0 Å². The maximum absolute atomic E-state index is 11.8. The molecule has 1 aromatic carbocycles. The highest BCUT2D eigenvalue weighted by Gasteiger charge is 2.25. The average molecular weight is 262 g/mol. The summed E-state index contributed by atoms with van der Waals surface area (Å²) in [4.78, 5) is 22.4. The van der Waals surface area contributed by atoms with Crippen LogP contribution < -0.4 is 15.4 Å². The number of nitrogens with one attached hydrogen (secondary N) is 2. The van der Waals surface area contributed by atoms with Crippen LogP contribution in [0.2, 0.25) is 0 Å². The van der Waals surface area contributed by atoms with Gasteiger partial charge in [-0.1, -0.05) is 18.2 Å². The number of ether oxygens (including phenoxy) is 1. The van der Waals surface area contributed by atoms with E-state index < -0.39 is 0 Å². The lowest BCUT2D eigenvalue weighted by molar-refractivity contribution is -0.122. The van der Waals surface area contributed by atoms with Gasteiger partial charge in [-0.05, 0) is 6.07 Å². The van der Waals surface area contributed by atoms with E-state index in [1.165, 1.54) is 6.92 Å². The molecule has 1 atom stereocenters. The Kier molecular flexibility index (Phi) is 4.39. The number of benzene rings is 1. The van der Waals surface area contributed by atoms with Crippen LogP contribution in [0.3, 0.4) is 0 Å². The molecule has 1 aromatic rings. The maximum Gasteiger partial charge on any atom is 0.220 e. The van der Waals surface area contributed by atoms with Crippen LogP contribution in [0.1, 0.15) is 24.8 Å². The highest BCUT2D eigenvalue weighted by Crippen LogP contribution is 2.35. The van der Waals surface area contributed by atoms with Gasteiger partial charge in [0.05, 0.1) is 6.61 Å². The van der Waals surface area contributed by atoms with E-state index in [4.69, 9.17) is 4.74 Å². The smallest absolute Gasteiger partial charge is 0.220 e. The van der Waals surface area contributed by atoms with Crippen molar-refractivity contribution in [1.29, 1.82) is 0 Å². The molecule has 5 heteroatoms. The van der Waals surface area contributed by atoms with Crippen LogP contribution in [0.4, 0.5) is 0 Å². The Morgan fingerprint density at radius 1 is 1.26 bits per heavy atom. The molecular formula is C14H18N2O3. The fourth-order valence-corrected chi connectivity index (χ4v) is 2.13. The molecule has 5 nitrogen and oxygen atoms in total. The zero-order valence-electron chi connectivity index (χ0n) is 10.9. The number of carbonyl (C=O) groups excluding carboxylic acids is 2. The first-order chi connectivity index (χ1) is 9.16. The van der Waals surface area contributed by atoms with Crippen LogP contribution in [0.5, 0.6) is 5.75 Å². The highest BCUT2D eigenvalue weighted by molar-refractivity contribution is 5.77. The molecular weight excluding hydrogens is 244 g/mol. The molecule has 0 fully saturated rings. The third kappa shape index (κ3) is 3.71. The lowest BCUT2D eigenvalue weighted by Gasteiger charge is -2.09. The van der Waals surface area contributed by atoms with Crippen molar-refractivity contribution < 1.29 is 14.3 Å². The first kappa shape index (κ1) is 13.4. The molecule has 1 heterocycles. The molecule has 1 unspecified atom stereocenters. The molecule has 0 radical (unpaired) electrons. The van der Waals surface area contributed by atoms with Crippen molar-refractivity contribution in [3.05, 3.63) is 29.8 Å². The first-order valence-corrected chi connectivity index (χ1v) is 6.39. The van der Waals surface area contributed by atoms with Gasteiger partial charge in [-0.15, -0.1) is 0 Å². The predicted molar refractivity (Wildman–Crippen MR) is 71.0 cm³/mol. The number of para-hydroxylation sites is 1. The summed E-state index contributed by atoms with van der Waals surface area (Å²) in [5.41, 5.74) is 1.10. The van der Waals surface area contributed by atoms with Crippen molar-refractivity contribution >= 4 is 11.8 Å². The van der Waals surface area contributed by atoms with Crippen LogP contribution in [-0.4, -0.2) is 31.5 Å². The summed E-state index contributed by atoms with van der Waals surface area (Å²) in [6, 6.07) is 7.80. The van der Waals surface area contributed by atoms with Crippen molar-refractivity contribution in [2.24, 2.45) is 0 Å². The molecule has 2 rings (SSSR count). The van der Waals surface area contributed by atoms with Gasteiger partial charge in [0.15, 0.2) is 0 Å². The van der Waals surface area contributed by atoms with E-state index in [-0.39, 0.29) is 17.7 Å². The fraction of sp³-hybridized carbons (Fsp3) is 0.429. The van der Waals surface area contributed by atoms with Gasteiger partial charge in [-0.25, -0.2) is 0 Å². The van der Waals surface area contributed by atoms with E-state index in [2.05, 4.69) is 10.6 Å². The van der Waals surface area contributed by atoms with Crippen LogP contribution in [0, 0.1) is 0 Å². The highest BCUT2D eigenvalue weighted by atomic mass is 16.5. The van der Waals surface area contributed by atoms with Crippen LogP contribution >= 0.6 is 0 Å². The summed E-state index contributed by atoms with van der Waals surface area (Å²) < 4.78 is 5.53.